The van der Waals surface area contributed by atoms with Gasteiger partial charge in [-0.2, -0.15) is 0 Å². The van der Waals surface area contributed by atoms with Crippen LogP contribution in [0.2, 0.25) is 0 Å². The summed E-state index contributed by atoms with van der Waals surface area (Å²) in [4.78, 5) is 11.7. The molecule has 1 heterocycles. The van der Waals surface area contributed by atoms with Gasteiger partial charge < -0.3 is 0 Å². The van der Waals surface area contributed by atoms with Crippen molar-refractivity contribution in [2.45, 2.75) is 6.92 Å². The highest BCUT2D eigenvalue weighted by molar-refractivity contribution is 9.11. The highest BCUT2D eigenvalue weighted by Crippen LogP contribution is 2.25. The van der Waals surface area contributed by atoms with E-state index in [4.69, 9.17) is 0 Å². The number of fused-ring (bicyclic) bond motifs is 1. The molecule has 1 nitrogen and oxygen atoms in total. The molecular formula is C10H7BrOS. The summed E-state index contributed by atoms with van der Waals surface area (Å²) in [6.07, 6.45) is 0. The fraction of sp³-hybridized carbons (Fsp3) is 0.100. The van der Waals surface area contributed by atoms with Crippen molar-refractivity contribution in [3.8, 4) is 0 Å². The number of hydrogen-bond acceptors (Lipinski definition) is 2. The second kappa shape index (κ2) is 3.24. The minimum atomic E-state index is 0.126. The van der Waals surface area contributed by atoms with Crippen LogP contribution in [-0.2, 0) is 0 Å². The third-order valence-corrected chi connectivity index (χ3v) is 4.11. The lowest BCUT2D eigenvalue weighted by Crippen LogP contribution is -2.04. The summed E-state index contributed by atoms with van der Waals surface area (Å²) in [6.45, 7) is 1.84. The molecule has 3 heteroatoms. The number of benzene rings is 1. The summed E-state index contributed by atoms with van der Waals surface area (Å²) in [5, 5.41) is 0.813. The van der Waals surface area contributed by atoms with Gasteiger partial charge in [0.25, 0.3) is 0 Å². The molecule has 2 rings (SSSR count). The summed E-state index contributed by atoms with van der Waals surface area (Å²) >= 11 is 4.98. The smallest absolute Gasteiger partial charge is 0.192 e. The largest absolute Gasteiger partial charge is 0.289 e. The van der Waals surface area contributed by atoms with Gasteiger partial charge in [-0.15, -0.1) is 11.3 Å². The van der Waals surface area contributed by atoms with E-state index >= 15 is 0 Å². The Bertz CT molecular complexity index is 516. The zero-order valence-electron chi connectivity index (χ0n) is 7.00. The molecule has 2 aromatic rings. The van der Waals surface area contributed by atoms with Gasteiger partial charge in [-0.25, -0.2) is 0 Å². The van der Waals surface area contributed by atoms with Crippen LogP contribution in [-0.4, -0.2) is 0 Å². The Kier molecular flexibility index (Phi) is 2.22. The Balaban J connectivity index is 3.03. The normalized spacial score (nSPS) is 10.6. The quantitative estimate of drug-likeness (QED) is 0.705. The van der Waals surface area contributed by atoms with Crippen molar-refractivity contribution in [2.75, 3.05) is 0 Å². The molecule has 0 aliphatic rings. The minimum Gasteiger partial charge on any atom is -0.289 e. The van der Waals surface area contributed by atoms with Crippen molar-refractivity contribution < 1.29 is 0 Å². The van der Waals surface area contributed by atoms with Gasteiger partial charge in [0.2, 0.25) is 0 Å². The molecule has 0 spiro atoms. The predicted molar refractivity (Wildman–Crippen MR) is 60.5 cm³/mol. The molecule has 0 fully saturated rings. The average molecular weight is 255 g/mol. The fourth-order valence-electron chi connectivity index (χ4n) is 1.21. The lowest BCUT2D eigenvalue weighted by atomic mass is 10.2. The van der Waals surface area contributed by atoms with Gasteiger partial charge in [0, 0.05) is 15.6 Å². The topological polar surface area (TPSA) is 17.1 Å². The molecule has 0 radical (unpaired) electrons. The maximum atomic E-state index is 11.7. The predicted octanol–water partition coefficient (Wildman–Crippen LogP) is 3.33. The van der Waals surface area contributed by atoms with Crippen molar-refractivity contribution in [2.24, 2.45) is 0 Å². The van der Waals surface area contributed by atoms with Crippen LogP contribution in [0.3, 0.4) is 0 Å². The van der Waals surface area contributed by atoms with E-state index in [1.54, 1.807) is 11.3 Å². The Morgan fingerprint density at radius 3 is 2.77 bits per heavy atom. The van der Waals surface area contributed by atoms with Gasteiger partial charge in [-0.3, -0.25) is 4.79 Å². The number of hydrogen-bond donors (Lipinski definition) is 0. The first-order valence-electron chi connectivity index (χ1n) is 3.88. The molecule has 0 saturated heterocycles. The highest BCUT2D eigenvalue weighted by Gasteiger charge is 2.05. The van der Waals surface area contributed by atoms with Crippen molar-refractivity contribution in [3.63, 3.8) is 0 Å². The van der Waals surface area contributed by atoms with Crippen molar-refractivity contribution >= 4 is 37.4 Å². The number of halogens is 1. The first-order chi connectivity index (χ1) is 6.20. The monoisotopic (exact) mass is 254 g/mol. The molecule has 0 N–H and O–H groups in total. The molecule has 1 aromatic heterocycles. The van der Waals surface area contributed by atoms with E-state index in [1.165, 1.54) is 0 Å². The molecule has 1 aromatic carbocycles. The van der Waals surface area contributed by atoms with Gasteiger partial charge in [-0.1, -0.05) is 12.1 Å². The maximum absolute atomic E-state index is 11.7. The average Bonchev–Trinajstić information content (AvgIpc) is 2.15. The van der Waals surface area contributed by atoms with E-state index < -0.39 is 0 Å². The molecular weight excluding hydrogens is 248 g/mol. The zero-order valence-corrected chi connectivity index (χ0v) is 9.41. The molecule has 0 bridgehead atoms. The van der Waals surface area contributed by atoms with Gasteiger partial charge in [0.05, 0.1) is 3.79 Å². The van der Waals surface area contributed by atoms with E-state index in [1.807, 2.05) is 31.2 Å². The molecule has 0 atom stereocenters. The van der Waals surface area contributed by atoms with Crippen molar-refractivity contribution in [1.82, 2.24) is 0 Å². The van der Waals surface area contributed by atoms with Crippen LogP contribution in [0.5, 0.6) is 0 Å². The Morgan fingerprint density at radius 2 is 2.00 bits per heavy atom. The minimum absolute atomic E-state index is 0.126. The standard InChI is InChI=1S/C10H7BrOS/c1-6-9(12)7-4-2-3-5-8(7)13-10(6)11/h2-5H,1H3. The Labute approximate surface area is 88.2 Å². The lowest BCUT2D eigenvalue weighted by Gasteiger charge is -1.99. The van der Waals surface area contributed by atoms with Crippen LogP contribution < -0.4 is 5.43 Å². The molecule has 0 saturated carbocycles. The third kappa shape index (κ3) is 1.42. The van der Waals surface area contributed by atoms with Crippen LogP contribution in [0.15, 0.2) is 32.8 Å². The van der Waals surface area contributed by atoms with Crippen LogP contribution >= 0.6 is 27.3 Å². The van der Waals surface area contributed by atoms with Gasteiger partial charge in [-0.05, 0) is 35.0 Å². The Hall–Kier alpha value is -0.670. The van der Waals surface area contributed by atoms with E-state index in [0.717, 1.165) is 19.4 Å². The lowest BCUT2D eigenvalue weighted by molar-refractivity contribution is 1.44. The fourth-order valence-corrected chi connectivity index (χ4v) is 2.77. The summed E-state index contributed by atoms with van der Waals surface area (Å²) in [5.74, 6) is 0. The van der Waals surface area contributed by atoms with E-state index in [2.05, 4.69) is 15.9 Å². The first-order valence-corrected chi connectivity index (χ1v) is 5.49. The van der Waals surface area contributed by atoms with Crippen LogP contribution in [0, 0.1) is 6.92 Å². The second-order valence-electron chi connectivity index (χ2n) is 2.83. The van der Waals surface area contributed by atoms with Gasteiger partial charge in [0.1, 0.15) is 0 Å². The van der Waals surface area contributed by atoms with E-state index in [9.17, 15) is 4.79 Å². The molecule has 0 aliphatic carbocycles. The maximum Gasteiger partial charge on any atom is 0.192 e. The van der Waals surface area contributed by atoms with E-state index in [0.29, 0.717) is 0 Å². The van der Waals surface area contributed by atoms with Gasteiger partial charge >= 0.3 is 0 Å². The van der Waals surface area contributed by atoms with Crippen molar-refractivity contribution in [1.29, 1.82) is 0 Å². The molecule has 0 aliphatic heterocycles. The SMILES string of the molecule is Cc1c(Br)sc2ccccc2c1=O. The summed E-state index contributed by atoms with van der Waals surface area (Å²) in [5.41, 5.74) is 0.921. The molecule has 0 unspecified atom stereocenters. The zero-order chi connectivity index (χ0) is 9.42. The first kappa shape index (κ1) is 8.91. The van der Waals surface area contributed by atoms with Crippen molar-refractivity contribution in [3.05, 3.63) is 43.8 Å². The molecule has 66 valence electrons. The van der Waals surface area contributed by atoms with Crippen LogP contribution in [0.1, 0.15) is 5.56 Å². The second-order valence-corrected chi connectivity index (χ2v) is 5.20. The highest BCUT2D eigenvalue weighted by atomic mass is 79.9. The van der Waals surface area contributed by atoms with E-state index in [-0.39, 0.29) is 5.43 Å². The third-order valence-electron chi connectivity index (χ3n) is 1.97. The summed E-state index contributed by atoms with van der Waals surface area (Å²) < 4.78 is 1.96. The summed E-state index contributed by atoms with van der Waals surface area (Å²) in [6, 6.07) is 7.67. The summed E-state index contributed by atoms with van der Waals surface area (Å²) in [7, 11) is 0. The van der Waals surface area contributed by atoms with Crippen LogP contribution in [0.25, 0.3) is 10.1 Å². The molecule has 0 amide bonds. The van der Waals surface area contributed by atoms with Crippen LogP contribution in [0.4, 0.5) is 0 Å². The Morgan fingerprint density at radius 1 is 1.31 bits per heavy atom. The van der Waals surface area contributed by atoms with Gasteiger partial charge in [0.15, 0.2) is 5.43 Å². The molecule has 13 heavy (non-hydrogen) atoms. The number of rotatable bonds is 0.